The molecular formula is C17H29NS. The molecule has 1 nitrogen and oxygen atoms in total. The van der Waals surface area contributed by atoms with Gasteiger partial charge in [0.15, 0.2) is 0 Å². The quantitative estimate of drug-likeness (QED) is 0.646. The highest BCUT2D eigenvalue weighted by Gasteiger charge is 2.12. The van der Waals surface area contributed by atoms with Crippen LogP contribution in [-0.2, 0) is 0 Å². The van der Waals surface area contributed by atoms with Gasteiger partial charge < -0.3 is 5.32 Å². The van der Waals surface area contributed by atoms with Crippen LogP contribution in [0.25, 0.3) is 0 Å². The normalized spacial score (nSPS) is 14.3. The van der Waals surface area contributed by atoms with Crippen molar-refractivity contribution in [1.29, 1.82) is 0 Å². The van der Waals surface area contributed by atoms with Gasteiger partial charge in [0.2, 0.25) is 0 Å². The molecule has 2 atom stereocenters. The summed E-state index contributed by atoms with van der Waals surface area (Å²) in [5, 5.41) is 3.70. The predicted octanol–water partition coefficient (Wildman–Crippen LogP) is 4.89. The van der Waals surface area contributed by atoms with Crippen LogP contribution in [0.1, 0.15) is 45.6 Å². The largest absolute Gasteiger partial charge is 0.313 e. The van der Waals surface area contributed by atoms with E-state index in [9.17, 15) is 0 Å². The van der Waals surface area contributed by atoms with Gasteiger partial charge in [-0.1, -0.05) is 45.4 Å². The summed E-state index contributed by atoms with van der Waals surface area (Å²) >= 11 is 2.00. The number of rotatable bonds is 9. The van der Waals surface area contributed by atoms with E-state index in [-0.39, 0.29) is 0 Å². The smallest absolute Gasteiger partial charge is 0.0164 e. The van der Waals surface area contributed by atoms with Crippen molar-refractivity contribution in [1.82, 2.24) is 5.32 Å². The number of hydrogen-bond acceptors (Lipinski definition) is 2. The molecule has 1 N–H and O–H groups in total. The van der Waals surface area contributed by atoms with Crippen LogP contribution in [0.15, 0.2) is 29.2 Å². The molecule has 0 aliphatic heterocycles. The number of benzene rings is 1. The maximum absolute atomic E-state index is 3.70. The zero-order valence-corrected chi connectivity index (χ0v) is 13.7. The van der Waals surface area contributed by atoms with E-state index in [4.69, 9.17) is 0 Å². The van der Waals surface area contributed by atoms with Crippen LogP contribution in [0.4, 0.5) is 0 Å². The van der Waals surface area contributed by atoms with E-state index in [2.05, 4.69) is 57.3 Å². The van der Waals surface area contributed by atoms with E-state index in [0.29, 0.717) is 6.04 Å². The summed E-state index contributed by atoms with van der Waals surface area (Å²) in [7, 11) is 0. The first-order valence-electron chi connectivity index (χ1n) is 7.59. The SMILES string of the molecule is CCCNC(CSc1ccccc1C)CC(C)CC. The summed E-state index contributed by atoms with van der Waals surface area (Å²) in [5.74, 6) is 1.99. The molecule has 0 aromatic heterocycles. The van der Waals surface area contributed by atoms with Crippen molar-refractivity contribution in [3.8, 4) is 0 Å². The molecule has 1 aromatic carbocycles. The molecule has 0 radical (unpaired) electrons. The second-order valence-electron chi connectivity index (χ2n) is 5.48. The maximum atomic E-state index is 3.70. The zero-order valence-electron chi connectivity index (χ0n) is 12.9. The maximum Gasteiger partial charge on any atom is 0.0164 e. The molecule has 0 aliphatic rings. The van der Waals surface area contributed by atoms with Gasteiger partial charge in [0.25, 0.3) is 0 Å². The van der Waals surface area contributed by atoms with Gasteiger partial charge in [0.1, 0.15) is 0 Å². The van der Waals surface area contributed by atoms with Crippen LogP contribution >= 0.6 is 11.8 Å². The van der Waals surface area contributed by atoms with Crippen molar-refractivity contribution in [3.05, 3.63) is 29.8 Å². The molecule has 0 aliphatic carbocycles. The van der Waals surface area contributed by atoms with E-state index in [1.54, 1.807) is 0 Å². The second kappa shape index (κ2) is 9.44. The van der Waals surface area contributed by atoms with Crippen molar-refractivity contribution in [2.24, 2.45) is 5.92 Å². The van der Waals surface area contributed by atoms with Crippen LogP contribution in [0.3, 0.4) is 0 Å². The predicted molar refractivity (Wildman–Crippen MR) is 88.1 cm³/mol. The van der Waals surface area contributed by atoms with Gasteiger partial charge in [-0.05, 0) is 43.9 Å². The van der Waals surface area contributed by atoms with E-state index in [1.807, 2.05) is 11.8 Å². The fraction of sp³-hybridized carbons (Fsp3) is 0.647. The molecule has 2 heteroatoms. The third kappa shape index (κ3) is 6.49. The van der Waals surface area contributed by atoms with Gasteiger partial charge in [-0.15, -0.1) is 11.8 Å². The average Bonchev–Trinajstić information content (AvgIpc) is 2.43. The number of thioether (sulfide) groups is 1. The van der Waals surface area contributed by atoms with E-state index >= 15 is 0 Å². The Kier molecular flexibility index (Phi) is 8.24. The van der Waals surface area contributed by atoms with Gasteiger partial charge in [-0.3, -0.25) is 0 Å². The fourth-order valence-electron chi connectivity index (χ4n) is 2.12. The lowest BCUT2D eigenvalue weighted by atomic mass is 10.0. The Labute approximate surface area is 123 Å². The molecule has 0 saturated carbocycles. The molecule has 108 valence electrons. The van der Waals surface area contributed by atoms with Crippen LogP contribution in [0, 0.1) is 12.8 Å². The molecule has 0 spiro atoms. The Morgan fingerprint density at radius 1 is 1.21 bits per heavy atom. The summed E-state index contributed by atoms with van der Waals surface area (Å²) in [6, 6.07) is 9.33. The summed E-state index contributed by atoms with van der Waals surface area (Å²) in [4.78, 5) is 1.43. The standard InChI is InChI=1S/C17H29NS/c1-5-11-18-16(12-14(3)6-2)13-19-17-10-8-7-9-15(17)4/h7-10,14,16,18H,5-6,11-13H2,1-4H3. The first-order chi connectivity index (χ1) is 9.17. The Balaban J connectivity index is 2.49. The molecule has 0 heterocycles. The van der Waals surface area contributed by atoms with Crippen molar-refractivity contribution in [2.75, 3.05) is 12.3 Å². The summed E-state index contributed by atoms with van der Waals surface area (Å²) in [6.45, 7) is 10.2. The first-order valence-corrected chi connectivity index (χ1v) is 8.57. The van der Waals surface area contributed by atoms with E-state index in [1.165, 1.54) is 35.5 Å². The van der Waals surface area contributed by atoms with E-state index < -0.39 is 0 Å². The fourth-order valence-corrected chi connectivity index (χ4v) is 3.23. The van der Waals surface area contributed by atoms with Crippen molar-refractivity contribution in [3.63, 3.8) is 0 Å². The highest BCUT2D eigenvalue weighted by atomic mass is 32.2. The Morgan fingerprint density at radius 2 is 1.95 bits per heavy atom. The third-order valence-corrected chi connectivity index (χ3v) is 4.94. The second-order valence-corrected chi connectivity index (χ2v) is 6.54. The Hall–Kier alpha value is -0.470. The minimum atomic E-state index is 0.638. The number of nitrogens with one attached hydrogen (secondary N) is 1. The highest BCUT2D eigenvalue weighted by Crippen LogP contribution is 2.24. The topological polar surface area (TPSA) is 12.0 Å². The van der Waals surface area contributed by atoms with Crippen LogP contribution in [0.5, 0.6) is 0 Å². The third-order valence-electron chi connectivity index (χ3n) is 3.60. The monoisotopic (exact) mass is 279 g/mol. The van der Waals surface area contributed by atoms with Gasteiger partial charge >= 0.3 is 0 Å². The summed E-state index contributed by atoms with van der Waals surface area (Å²) < 4.78 is 0. The lowest BCUT2D eigenvalue weighted by Gasteiger charge is -2.21. The lowest BCUT2D eigenvalue weighted by molar-refractivity contribution is 0.417. The molecule has 0 bridgehead atoms. The van der Waals surface area contributed by atoms with Gasteiger partial charge in [-0.25, -0.2) is 0 Å². The van der Waals surface area contributed by atoms with Crippen molar-refractivity contribution < 1.29 is 0 Å². The average molecular weight is 279 g/mol. The van der Waals surface area contributed by atoms with E-state index in [0.717, 1.165) is 12.5 Å². The molecule has 2 unspecified atom stereocenters. The Bertz CT molecular complexity index is 351. The Morgan fingerprint density at radius 3 is 2.58 bits per heavy atom. The van der Waals surface area contributed by atoms with Crippen LogP contribution in [-0.4, -0.2) is 18.3 Å². The lowest BCUT2D eigenvalue weighted by Crippen LogP contribution is -2.33. The molecule has 1 aromatic rings. The molecule has 0 fully saturated rings. The molecule has 1 rings (SSSR count). The van der Waals surface area contributed by atoms with Gasteiger partial charge in [0, 0.05) is 16.7 Å². The minimum absolute atomic E-state index is 0.638. The van der Waals surface area contributed by atoms with Crippen molar-refractivity contribution >= 4 is 11.8 Å². The number of aryl methyl sites for hydroxylation is 1. The zero-order chi connectivity index (χ0) is 14.1. The minimum Gasteiger partial charge on any atom is -0.313 e. The van der Waals surface area contributed by atoms with Gasteiger partial charge in [0.05, 0.1) is 0 Å². The summed E-state index contributed by atoms with van der Waals surface area (Å²) in [6.07, 6.45) is 3.78. The molecule has 0 saturated heterocycles. The molecular weight excluding hydrogens is 250 g/mol. The van der Waals surface area contributed by atoms with Crippen LogP contribution in [0.2, 0.25) is 0 Å². The first kappa shape index (κ1) is 16.6. The van der Waals surface area contributed by atoms with Crippen LogP contribution < -0.4 is 5.32 Å². The van der Waals surface area contributed by atoms with Crippen molar-refractivity contribution in [2.45, 2.75) is 57.9 Å². The summed E-state index contributed by atoms with van der Waals surface area (Å²) in [5.41, 5.74) is 1.39. The molecule has 0 amide bonds. The highest BCUT2D eigenvalue weighted by molar-refractivity contribution is 7.99. The van der Waals surface area contributed by atoms with Gasteiger partial charge in [-0.2, -0.15) is 0 Å². The molecule has 19 heavy (non-hydrogen) atoms. The number of hydrogen-bond donors (Lipinski definition) is 1.